The van der Waals surface area contributed by atoms with Crippen LogP contribution in [0.25, 0.3) is 0 Å². The van der Waals surface area contributed by atoms with Crippen molar-refractivity contribution in [2.45, 2.75) is 217 Å². The first-order chi connectivity index (χ1) is 25.8. The van der Waals surface area contributed by atoms with E-state index < -0.39 is 61.5 Å². The van der Waals surface area contributed by atoms with Gasteiger partial charge in [-0.25, -0.2) is 0 Å². The second-order valence-electron chi connectivity index (χ2n) is 15.0. The number of ether oxygens (including phenoxy) is 2. The first-order valence-electron chi connectivity index (χ1n) is 21.3. The number of rotatable bonds is 34. The second-order valence-corrected chi connectivity index (χ2v) is 15.0. The number of aliphatic hydroxyl groups is 6. The molecule has 1 aliphatic heterocycles. The Hall–Kier alpha value is -1.63. The van der Waals surface area contributed by atoms with Gasteiger partial charge in [0.2, 0.25) is 5.91 Å². The number of allylic oxidation sites excluding steroid dienone is 5. The van der Waals surface area contributed by atoms with Crippen LogP contribution in [0, 0.1) is 0 Å². The lowest BCUT2D eigenvalue weighted by Crippen LogP contribution is -2.60. The summed E-state index contributed by atoms with van der Waals surface area (Å²) in [6.45, 7) is 3.54. The molecule has 0 aromatic carbocycles. The van der Waals surface area contributed by atoms with Gasteiger partial charge in [-0.3, -0.25) is 4.79 Å². The molecule has 0 spiro atoms. The van der Waals surface area contributed by atoms with E-state index in [2.05, 4.69) is 43.5 Å². The van der Waals surface area contributed by atoms with Crippen LogP contribution in [0.1, 0.15) is 168 Å². The molecule has 1 saturated heterocycles. The molecule has 310 valence electrons. The van der Waals surface area contributed by atoms with Crippen molar-refractivity contribution in [3.63, 3.8) is 0 Å². The molecule has 1 amide bonds. The van der Waals surface area contributed by atoms with Crippen molar-refractivity contribution in [2.24, 2.45) is 0 Å². The van der Waals surface area contributed by atoms with E-state index in [4.69, 9.17) is 9.47 Å². The molecule has 1 fully saturated rings. The van der Waals surface area contributed by atoms with Crippen LogP contribution in [0.3, 0.4) is 0 Å². The average Bonchev–Trinajstić information content (AvgIpc) is 3.16. The summed E-state index contributed by atoms with van der Waals surface area (Å²) in [6, 6.07) is -0.984. The summed E-state index contributed by atoms with van der Waals surface area (Å²) in [5.74, 6) is -0.631. The summed E-state index contributed by atoms with van der Waals surface area (Å²) in [6.07, 6.45) is 29.4. The number of nitrogens with one attached hydrogen (secondary N) is 1. The van der Waals surface area contributed by atoms with E-state index in [0.29, 0.717) is 12.8 Å². The van der Waals surface area contributed by atoms with Gasteiger partial charge in [-0.2, -0.15) is 0 Å². The van der Waals surface area contributed by atoms with Crippen molar-refractivity contribution in [1.82, 2.24) is 5.32 Å². The Labute approximate surface area is 322 Å². The van der Waals surface area contributed by atoms with E-state index in [1.165, 1.54) is 83.5 Å². The molecule has 0 aliphatic carbocycles. The van der Waals surface area contributed by atoms with Gasteiger partial charge in [0, 0.05) is 0 Å². The Balaban J connectivity index is 2.49. The smallest absolute Gasteiger partial charge is 0.249 e. The number of hydrogen-bond acceptors (Lipinski definition) is 9. The summed E-state index contributed by atoms with van der Waals surface area (Å²) < 4.78 is 11.1. The van der Waals surface area contributed by atoms with E-state index in [1.54, 1.807) is 6.08 Å². The van der Waals surface area contributed by atoms with E-state index in [-0.39, 0.29) is 6.61 Å². The maximum atomic E-state index is 13.0. The molecule has 0 saturated carbocycles. The molecule has 1 rings (SSSR count). The Bertz CT molecular complexity index is 943. The van der Waals surface area contributed by atoms with Crippen molar-refractivity contribution in [1.29, 1.82) is 0 Å². The van der Waals surface area contributed by atoms with Gasteiger partial charge >= 0.3 is 0 Å². The van der Waals surface area contributed by atoms with Crippen LogP contribution >= 0.6 is 0 Å². The zero-order chi connectivity index (χ0) is 38.9. The van der Waals surface area contributed by atoms with Crippen LogP contribution < -0.4 is 5.32 Å². The molecule has 10 nitrogen and oxygen atoms in total. The van der Waals surface area contributed by atoms with Gasteiger partial charge in [-0.1, -0.05) is 159 Å². The molecule has 0 radical (unpaired) electrons. The molecule has 1 heterocycles. The van der Waals surface area contributed by atoms with Crippen LogP contribution in [-0.2, 0) is 14.3 Å². The topological polar surface area (TPSA) is 169 Å². The molecule has 7 N–H and O–H groups in total. The number of amides is 1. The van der Waals surface area contributed by atoms with Crippen molar-refractivity contribution in [3.8, 4) is 0 Å². The number of carbonyl (C=O) groups is 1. The van der Waals surface area contributed by atoms with E-state index >= 15 is 0 Å². The highest BCUT2D eigenvalue weighted by atomic mass is 16.7. The van der Waals surface area contributed by atoms with Gasteiger partial charge in [0.1, 0.15) is 30.5 Å². The minimum absolute atomic E-state index is 0.291. The minimum atomic E-state index is -1.61. The van der Waals surface area contributed by atoms with Gasteiger partial charge < -0.3 is 45.4 Å². The van der Waals surface area contributed by atoms with Crippen LogP contribution in [-0.4, -0.2) is 98.7 Å². The van der Waals surface area contributed by atoms with Gasteiger partial charge in [-0.05, 0) is 44.9 Å². The lowest BCUT2D eigenvalue weighted by molar-refractivity contribution is -0.302. The first-order valence-corrected chi connectivity index (χ1v) is 21.3. The number of unbranched alkanes of at least 4 members (excludes halogenated alkanes) is 20. The average molecular weight is 754 g/mol. The highest BCUT2D eigenvalue weighted by Crippen LogP contribution is 2.22. The van der Waals surface area contributed by atoms with Crippen LogP contribution in [0.2, 0.25) is 0 Å². The van der Waals surface area contributed by atoms with Crippen LogP contribution in [0.4, 0.5) is 0 Å². The Morgan fingerprint density at radius 2 is 1.13 bits per heavy atom. The van der Waals surface area contributed by atoms with Gasteiger partial charge in [0.05, 0.1) is 25.4 Å². The summed E-state index contributed by atoms with van der Waals surface area (Å²) in [7, 11) is 0. The Morgan fingerprint density at radius 1 is 0.660 bits per heavy atom. The quantitative estimate of drug-likeness (QED) is 0.0206. The third-order valence-electron chi connectivity index (χ3n) is 10.1. The highest BCUT2D eigenvalue weighted by Gasteiger charge is 2.44. The maximum Gasteiger partial charge on any atom is 0.249 e. The lowest BCUT2D eigenvalue weighted by atomic mass is 9.99. The van der Waals surface area contributed by atoms with Gasteiger partial charge in [0.25, 0.3) is 0 Å². The predicted octanol–water partition coefficient (Wildman–Crippen LogP) is 7.08. The molecule has 10 heteroatoms. The third-order valence-corrected chi connectivity index (χ3v) is 10.1. The minimum Gasteiger partial charge on any atom is -0.394 e. The summed E-state index contributed by atoms with van der Waals surface area (Å²) in [5.41, 5.74) is 0. The third kappa shape index (κ3) is 24.5. The van der Waals surface area contributed by atoms with Crippen LogP contribution in [0.15, 0.2) is 36.5 Å². The maximum absolute atomic E-state index is 13.0. The van der Waals surface area contributed by atoms with Gasteiger partial charge in [-0.15, -0.1) is 0 Å². The number of aliphatic hydroxyl groups excluding tert-OH is 6. The second kappa shape index (κ2) is 33.7. The zero-order valence-corrected chi connectivity index (χ0v) is 33.4. The Kier molecular flexibility index (Phi) is 31.4. The largest absolute Gasteiger partial charge is 0.394 e. The molecule has 8 atom stereocenters. The first kappa shape index (κ1) is 49.4. The fraction of sp³-hybridized carbons (Fsp3) is 0.837. The van der Waals surface area contributed by atoms with E-state index in [0.717, 1.165) is 57.8 Å². The highest BCUT2D eigenvalue weighted by molar-refractivity contribution is 5.80. The fourth-order valence-electron chi connectivity index (χ4n) is 6.50. The Morgan fingerprint density at radius 3 is 1.68 bits per heavy atom. The van der Waals surface area contributed by atoms with Crippen molar-refractivity contribution >= 4 is 5.91 Å². The normalized spacial score (nSPS) is 22.6. The monoisotopic (exact) mass is 754 g/mol. The molecule has 8 unspecified atom stereocenters. The fourth-order valence-corrected chi connectivity index (χ4v) is 6.50. The van der Waals surface area contributed by atoms with Crippen molar-refractivity contribution in [3.05, 3.63) is 36.5 Å². The molecule has 0 aromatic rings. The standard InChI is InChI=1S/C43H79NO9/c1-3-5-7-9-11-13-15-17-19-21-23-25-27-29-31-36(46)35(34-52-43-41(50)40(49)39(48)38(33-45)53-43)44-42(51)37(47)32-30-28-26-24-22-20-18-16-14-12-10-8-6-4-2/h12,14,16,18,29,31,35-41,43,45-50H,3-11,13,15,17,19-28,30,32-34H2,1-2H3,(H,44,51)/b14-12-,18-16-,31-29+. The summed E-state index contributed by atoms with van der Waals surface area (Å²) in [5, 5.41) is 64.5. The summed E-state index contributed by atoms with van der Waals surface area (Å²) >= 11 is 0. The molecule has 0 aromatic heterocycles. The summed E-state index contributed by atoms with van der Waals surface area (Å²) in [4.78, 5) is 13.0. The van der Waals surface area contributed by atoms with E-state index in [9.17, 15) is 35.4 Å². The molecule has 0 bridgehead atoms. The number of carbonyl (C=O) groups excluding carboxylic acids is 1. The molecular weight excluding hydrogens is 674 g/mol. The molecule has 53 heavy (non-hydrogen) atoms. The van der Waals surface area contributed by atoms with Crippen molar-refractivity contribution < 1.29 is 44.9 Å². The van der Waals surface area contributed by atoms with Crippen molar-refractivity contribution in [2.75, 3.05) is 13.2 Å². The zero-order valence-electron chi connectivity index (χ0n) is 33.4. The molecule has 1 aliphatic rings. The van der Waals surface area contributed by atoms with E-state index in [1.807, 2.05) is 6.08 Å². The SMILES string of the molecule is CCCCC/C=C\C=C/CCCCCCCC(O)C(=O)NC(COC1OC(CO)C(O)C(O)C1O)C(O)/C=C/CCCCCCCCCCCCCC. The predicted molar refractivity (Wildman–Crippen MR) is 213 cm³/mol. The van der Waals surface area contributed by atoms with Gasteiger partial charge in [0.15, 0.2) is 6.29 Å². The number of hydrogen-bond donors (Lipinski definition) is 7. The van der Waals surface area contributed by atoms with Crippen LogP contribution in [0.5, 0.6) is 0 Å². The molecular formula is C43H79NO9. The lowest BCUT2D eigenvalue weighted by Gasteiger charge is -2.40.